The second-order valence-corrected chi connectivity index (χ2v) is 12.6. The number of hydrogen-bond donors (Lipinski definition) is 0. The first-order valence-corrected chi connectivity index (χ1v) is 16.4. The molecule has 0 aliphatic carbocycles. The summed E-state index contributed by atoms with van der Waals surface area (Å²) in [6.07, 6.45) is 9.71. The molecule has 4 aliphatic rings. The molecule has 0 amide bonds. The van der Waals surface area contributed by atoms with Crippen LogP contribution in [0.4, 0.5) is 4.39 Å². The Hall–Kier alpha value is -5.06. The minimum absolute atomic E-state index is 0.310. The number of pyridine rings is 3. The maximum Gasteiger partial charge on any atom is 0.179 e. The molecular formula is C37H26Br2FN7. The summed E-state index contributed by atoms with van der Waals surface area (Å²) in [6.45, 7) is 1.54. The number of aromatic nitrogens is 7. The molecule has 3 aromatic carbocycles. The molecule has 1 aromatic heterocycles. The number of hydrogen-bond acceptors (Lipinski definition) is 5. The molecule has 4 aromatic rings. The zero-order chi connectivity index (χ0) is 32.2. The molecule has 0 fully saturated rings. The number of benzene rings is 3. The third-order valence-electron chi connectivity index (χ3n) is 7.42. The fourth-order valence-corrected chi connectivity index (χ4v) is 5.60. The molecule has 0 bridgehead atoms. The topological polar surface area (TPSA) is 74.3 Å². The molecule has 0 atom stereocenters. The van der Waals surface area contributed by atoms with Gasteiger partial charge in [-0.05, 0) is 71.8 Å². The second-order valence-electron chi connectivity index (χ2n) is 10.8. The van der Waals surface area contributed by atoms with Gasteiger partial charge in [-0.25, -0.2) is 24.3 Å². The first kappa shape index (κ1) is 30.6. The van der Waals surface area contributed by atoms with Gasteiger partial charge in [0.25, 0.3) is 0 Å². The predicted molar refractivity (Wildman–Crippen MR) is 188 cm³/mol. The minimum Gasteiger partial charge on any atom is -0.348 e. The average molecular weight is 747 g/mol. The quantitative estimate of drug-likeness (QED) is 0.170. The lowest BCUT2D eigenvalue weighted by atomic mass is 10.2. The third-order valence-corrected chi connectivity index (χ3v) is 8.48. The van der Waals surface area contributed by atoms with Crippen molar-refractivity contribution in [2.75, 3.05) is 0 Å². The van der Waals surface area contributed by atoms with Gasteiger partial charge in [-0.15, -0.1) is 0 Å². The van der Waals surface area contributed by atoms with Gasteiger partial charge in [-0.3, -0.25) is 4.98 Å². The van der Waals surface area contributed by atoms with Crippen LogP contribution in [0.5, 0.6) is 0 Å². The standard InChI is InChI=1S/C19H13BrFN3.C18H13BrN4/c20-14-7-5-13(6-8-14)11-24-10-9-17-18(12-24)23-19(22-17)15-3-1-2-4-16(15)21;19-14-6-4-13(5-7-14)11-23-10-8-15-17(12-23)22-18(21-15)16-3-1-2-9-20-16/h1-10,12H,11H2;1-10,12H,11H2. The van der Waals surface area contributed by atoms with Crippen molar-refractivity contribution in [2.45, 2.75) is 13.1 Å². The van der Waals surface area contributed by atoms with Crippen LogP contribution in [0.15, 0.2) is 143 Å². The highest BCUT2D eigenvalue weighted by Crippen LogP contribution is 2.27. The maximum atomic E-state index is 13.9. The highest BCUT2D eigenvalue weighted by Gasteiger charge is 2.16. The van der Waals surface area contributed by atoms with E-state index in [0.29, 0.717) is 17.2 Å². The third kappa shape index (κ3) is 7.34. The van der Waals surface area contributed by atoms with Crippen LogP contribution in [0.25, 0.3) is 45.7 Å². The Bertz CT molecular complexity index is 2180. The Kier molecular flexibility index (Phi) is 8.94. The van der Waals surface area contributed by atoms with Crippen molar-refractivity contribution in [3.05, 3.63) is 160 Å². The monoisotopic (exact) mass is 745 g/mol. The summed E-state index contributed by atoms with van der Waals surface area (Å²) in [5.41, 5.74) is 6.94. The Morgan fingerprint density at radius 2 is 1.02 bits per heavy atom. The van der Waals surface area contributed by atoms with Gasteiger partial charge >= 0.3 is 0 Å². The van der Waals surface area contributed by atoms with Gasteiger partial charge in [0.15, 0.2) is 11.6 Å². The molecule has 4 aliphatic heterocycles. The molecule has 0 saturated carbocycles. The molecule has 5 heterocycles. The summed E-state index contributed by atoms with van der Waals surface area (Å²) in [4.78, 5) is 22.4. The summed E-state index contributed by atoms with van der Waals surface area (Å²) in [6, 6.07) is 32.7. The van der Waals surface area contributed by atoms with E-state index >= 15 is 0 Å². The molecule has 0 spiro atoms. The molecule has 230 valence electrons. The van der Waals surface area contributed by atoms with Crippen molar-refractivity contribution >= 4 is 31.9 Å². The number of imidazole rings is 2. The van der Waals surface area contributed by atoms with Crippen LogP contribution in [-0.4, -0.2) is 34.1 Å². The molecule has 10 heteroatoms. The highest BCUT2D eigenvalue weighted by atomic mass is 79.9. The molecule has 0 unspecified atom stereocenters. The highest BCUT2D eigenvalue weighted by molar-refractivity contribution is 9.10. The van der Waals surface area contributed by atoms with Crippen LogP contribution in [-0.2, 0) is 13.1 Å². The molecule has 7 nitrogen and oxygen atoms in total. The lowest BCUT2D eigenvalue weighted by molar-refractivity contribution is 0.630. The summed E-state index contributed by atoms with van der Waals surface area (Å²) >= 11 is 6.90. The van der Waals surface area contributed by atoms with Crippen LogP contribution < -0.4 is 0 Å². The Balaban J connectivity index is 0.000000150. The lowest BCUT2D eigenvalue weighted by Gasteiger charge is -2.08. The van der Waals surface area contributed by atoms with Gasteiger partial charge in [-0.1, -0.05) is 74.3 Å². The number of nitrogens with zero attached hydrogens (tertiary/aromatic N) is 7. The first-order valence-electron chi connectivity index (χ1n) is 14.8. The van der Waals surface area contributed by atoms with Crippen LogP contribution in [0.2, 0.25) is 0 Å². The lowest BCUT2D eigenvalue weighted by Crippen LogP contribution is -2.00. The smallest absolute Gasteiger partial charge is 0.179 e. The Morgan fingerprint density at radius 1 is 0.511 bits per heavy atom. The van der Waals surface area contributed by atoms with E-state index in [-0.39, 0.29) is 5.82 Å². The molecule has 8 rings (SSSR count). The van der Waals surface area contributed by atoms with E-state index in [1.807, 2.05) is 71.8 Å². The molecule has 47 heavy (non-hydrogen) atoms. The average Bonchev–Trinajstić information content (AvgIpc) is 3.72. The van der Waals surface area contributed by atoms with E-state index in [1.54, 1.807) is 24.4 Å². The van der Waals surface area contributed by atoms with E-state index in [2.05, 4.69) is 97.7 Å². The van der Waals surface area contributed by atoms with Crippen molar-refractivity contribution in [1.82, 2.24) is 34.1 Å². The minimum atomic E-state index is -0.310. The van der Waals surface area contributed by atoms with E-state index < -0.39 is 0 Å². The number of halogens is 3. The van der Waals surface area contributed by atoms with E-state index in [1.165, 1.54) is 17.2 Å². The first-order chi connectivity index (χ1) is 23.0. The van der Waals surface area contributed by atoms with Gasteiger partial charge in [0.2, 0.25) is 0 Å². The Morgan fingerprint density at radius 3 is 1.57 bits per heavy atom. The van der Waals surface area contributed by atoms with E-state index in [0.717, 1.165) is 50.5 Å². The van der Waals surface area contributed by atoms with Crippen molar-refractivity contribution in [1.29, 1.82) is 0 Å². The normalized spacial score (nSPS) is 11.0. The fraction of sp³-hybridized carbons (Fsp3) is 0.0541. The fourth-order valence-electron chi connectivity index (χ4n) is 5.07. The van der Waals surface area contributed by atoms with Crippen LogP contribution in [0, 0.1) is 5.82 Å². The van der Waals surface area contributed by atoms with Crippen molar-refractivity contribution in [3.63, 3.8) is 0 Å². The summed E-state index contributed by atoms with van der Waals surface area (Å²) in [5.74, 6) is 0.780. The van der Waals surface area contributed by atoms with Crippen LogP contribution in [0.1, 0.15) is 11.1 Å². The molecule has 0 saturated heterocycles. The second kappa shape index (κ2) is 13.7. The molecule has 0 radical (unpaired) electrons. The zero-order valence-corrected chi connectivity index (χ0v) is 28.1. The van der Waals surface area contributed by atoms with Crippen molar-refractivity contribution in [3.8, 4) is 45.7 Å². The SMILES string of the molecule is Brc1ccc(Cn2ccc3nc(-c4ccccn4)nc-3c2)cc1.Fc1ccccc1-c1nc2ccn(Cc3ccc(Br)cc3)cc-2n1. The van der Waals surface area contributed by atoms with Gasteiger partial charge < -0.3 is 9.13 Å². The van der Waals surface area contributed by atoms with Gasteiger partial charge in [0.1, 0.15) is 22.9 Å². The van der Waals surface area contributed by atoms with Crippen LogP contribution >= 0.6 is 31.9 Å². The van der Waals surface area contributed by atoms with Gasteiger partial charge in [0, 0.05) is 53.0 Å². The predicted octanol–water partition coefficient (Wildman–Crippen LogP) is 9.26. The van der Waals surface area contributed by atoms with E-state index in [9.17, 15) is 4.39 Å². The zero-order valence-electron chi connectivity index (χ0n) is 24.9. The largest absolute Gasteiger partial charge is 0.348 e. The Labute approximate surface area is 287 Å². The summed E-state index contributed by atoms with van der Waals surface area (Å²) in [5, 5.41) is 0. The number of rotatable bonds is 6. The summed E-state index contributed by atoms with van der Waals surface area (Å²) < 4.78 is 20.2. The molecule has 0 N–H and O–H groups in total. The van der Waals surface area contributed by atoms with Crippen molar-refractivity contribution < 1.29 is 4.39 Å². The number of fused-ring (bicyclic) bond motifs is 2. The van der Waals surface area contributed by atoms with Gasteiger partial charge in [-0.2, -0.15) is 0 Å². The maximum absolute atomic E-state index is 13.9. The summed E-state index contributed by atoms with van der Waals surface area (Å²) in [7, 11) is 0. The van der Waals surface area contributed by atoms with Crippen molar-refractivity contribution in [2.24, 2.45) is 0 Å². The molecular weight excluding hydrogens is 721 g/mol. The van der Waals surface area contributed by atoms with E-state index in [4.69, 9.17) is 0 Å². The van der Waals surface area contributed by atoms with Crippen LogP contribution in [0.3, 0.4) is 0 Å². The van der Waals surface area contributed by atoms with Gasteiger partial charge in [0.05, 0.1) is 17.0 Å².